The fourth-order valence-corrected chi connectivity index (χ4v) is 3.34. The van der Waals surface area contributed by atoms with Gasteiger partial charge in [0.1, 0.15) is 5.75 Å². The third kappa shape index (κ3) is 4.59. The zero-order chi connectivity index (χ0) is 20.1. The molecule has 2 heterocycles. The molecule has 0 aliphatic carbocycles. The Labute approximate surface area is 162 Å². The number of likely N-dealkylation sites (tertiary alicyclic amines) is 1. The lowest BCUT2D eigenvalue weighted by molar-refractivity contribution is -0.153. The fourth-order valence-electron chi connectivity index (χ4n) is 3.34. The first kappa shape index (κ1) is 19.7. The highest BCUT2D eigenvalue weighted by Crippen LogP contribution is 2.31. The highest BCUT2D eigenvalue weighted by Gasteiger charge is 2.28. The highest BCUT2D eigenvalue weighted by atomic mass is 16.5. The molecule has 9 nitrogen and oxygen atoms in total. The predicted molar refractivity (Wildman–Crippen MR) is 98.4 cm³/mol. The molecule has 1 saturated heterocycles. The van der Waals surface area contributed by atoms with E-state index in [-0.39, 0.29) is 43.8 Å². The Balaban J connectivity index is 1.47. The van der Waals surface area contributed by atoms with E-state index < -0.39 is 18.5 Å². The summed E-state index contributed by atoms with van der Waals surface area (Å²) in [4.78, 5) is 50.6. The number of para-hydroxylation sites is 2. The molecule has 2 N–H and O–H groups in total. The van der Waals surface area contributed by atoms with Gasteiger partial charge in [0.25, 0.3) is 11.8 Å². The zero-order valence-corrected chi connectivity index (χ0v) is 15.5. The number of nitrogens with two attached hydrogens (primary N) is 1. The van der Waals surface area contributed by atoms with Crippen molar-refractivity contribution in [2.45, 2.75) is 19.3 Å². The van der Waals surface area contributed by atoms with Crippen molar-refractivity contribution < 1.29 is 28.7 Å². The number of primary amides is 1. The number of benzene rings is 1. The number of carbonyl (C=O) groups is 4. The van der Waals surface area contributed by atoms with Crippen molar-refractivity contribution in [2.75, 3.05) is 37.7 Å². The molecule has 0 aromatic heterocycles. The van der Waals surface area contributed by atoms with Crippen molar-refractivity contribution in [1.82, 2.24) is 4.90 Å². The molecule has 3 amide bonds. The second-order valence-corrected chi connectivity index (χ2v) is 6.79. The normalized spacial score (nSPS) is 18.9. The van der Waals surface area contributed by atoms with Crippen LogP contribution in [0.4, 0.5) is 5.69 Å². The molecule has 2 aliphatic heterocycles. The topological polar surface area (TPSA) is 119 Å². The van der Waals surface area contributed by atoms with E-state index in [0.29, 0.717) is 30.8 Å². The minimum atomic E-state index is -0.575. The molecule has 0 saturated carbocycles. The molecule has 0 unspecified atom stereocenters. The number of ether oxygens (including phenoxy) is 2. The quantitative estimate of drug-likeness (QED) is 0.688. The molecule has 1 fully saturated rings. The average molecular weight is 389 g/mol. The Morgan fingerprint density at radius 2 is 2.04 bits per heavy atom. The van der Waals surface area contributed by atoms with Crippen LogP contribution in [0.15, 0.2) is 24.3 Å². The van der Waals surface area contributed by atoms with Crippen molar-refractivity contribution in [1.29, 1.82) is 0 Å². The second-order valence-electron chi connectivity index (χ2n) is 6.79. The fraction of sp³-hybridized carbons (Fsp3) is 0.474. The van der Waals surface area contributed by atoms with Crippen LogP contribution in [0.2, 0.25) is 0 Å². The van der Waals surface area contributed by atoms with E-state index in [1.54, 1.807) is 24.3 Å². The van der Waals surface area contributed by atoms with E-state index in [9.17, 15) is 19.2 Å². The number of nitrogens with zero attached hydrogens (tertiary/aromatic N) is 2. The number of amides is 3. The van der Waals surface area contributed by atoms with Gasteiger partial charge in [-0.05, 0) is 25.0 Å². The molecule has 1 atom stereocenters. The van der Waals surface area contributed by atoms with Crippen LogP contribution in [0.25, 0.3) is 0 Å². The van der Waals surface area contributed by atoms with Crippen LogP contribution in [0, 0.1) is 5.92 Å². The molecule has 0 radical (unpaired) electrons. The van der Waals surface area contributed by atoms with Gasteiger partial charge in [-0.2, -0.15) is 0 Å². The molecular formula is C19H23N3O6. The van der Waals surface area contributed by atoms with Crippen LogP contribution >= 0.6 is 0 Å². The van der Waals surface area contributed by atoms with Crippen molar-refractivity contribution >= 4 is 29.4 Å². The second kappa shape index (κ2) is 8.73. The Kier molecular flexibility index (Phi) is 6.13. The van der Waals surface area contributed by atoms with Gasteiger partial charge in [-0.25, -0.2) is 0 Å². The highest BCUT2D eigenvalue weighted by molar-refractivity contribution is 5.98. The summed E-state index contributed by atoms with van der Waals surface area (Å²) in [6.45, 7) is 0.433. The van der Waals surface area contributed by atoms with E-state index in [1.807, 2.05) is 0 Å². The Morgan fingerprint density at radius 1 is 1.25 bits per heavy atom. The number of anilines is 1. The molecule has 2 aliphatic rings. The van der Waals surface area contributed by atoms with Crippen LogP contribution < -0.4 is 15.4 Å². The summed E-state index contributed by atoms with van der Waals surface area (Å²) in [6.07, 6.45) is 1.30. The summed E-state index contributed by atoms with van der Waals surface area (Å²) in [5, 5.41) is 0. The van der Waals surface area contributed by atoms with Crippen LogP contribution in [-0.2, 0) is 23.9 Å². The van der Waals surface area contributed by atoms with Gasteiger partial charge >= 0.3 is 5.97 Å². The molecule has 0 bridgehead atoms. The summed E-state index contributed by atoms with van der Waals surface area (Å²) in [5.74, 6) is -1.38. The molecular weight excluding hydrogens is 366 g/mol. The Bertz CT molecular complexity index is 781. The lowest BCUT2D eigenvalue weighted by Crippen LogP contribution is -2.45. The summed E-state index contributed by atoms with van der Waals surface area (Å²) in [5.41, 5.74) is 5.91. The minimum absolute atomic E-state index is 0.0444. The van der Waals surface area contributed by atoms with E-state index >= 15 is 0 Å². The molecule has 3 rings (SSSR count). The number of carbonyl (C=O) groups excluding carboxylic acids is 4. The molecule has 1 aromatic carbocycles. The number of fused-ring (bicyclic) bond motifs is 1. The summed E-state index contributed by atoms with van der Waals surface area (Å²) in [6, 6.07) is 7.08. The summed E-state index contributed by atoms with van der Waals surface area (Å²) >= 11 is 0. The maximum Gasteiger partial charge on any atom is 0.308 e. The van der Waals surface area contributed by atoms with Gasteiger partial charge in [-0.1, -0.05) is 12.1 Å². The number of rotatable bonds is 6. The van der Waals surface area contributed by atoms with Crippen molar-refractivity contribution in [3.63, 3.8) is 0 Å². The third-order valence-corrected chi connectivity index (χ3v) is 4.88. The first-order chi connectivity index (χ1) is 13.5. The van der Waals surface area contributed by atoms with Gasteiger partial charge in [0.2, 0.25) is 5.91 Å². The number of hydrogen-bond donors (Lipinski definition) is 1. The SMILES string of the molecule is NC(=O)[C@@H]1CCCN(C(=O)COC(=O)CCN2C(=O)COc3ccccc32)C1. The molecule has 9 heteroatoms. The van der Waals surface area contributed by atoms with Gasteiger partial charge < -0.3 is 25.0 Å². The smallest absolute Gasteiger partial charge is 0.308 e. The minimum Gasteiger partial charge on any atom is -0.482 e. The van der Waals surface area contributed by atoms with Crippen LogP contribution in [-0.4, -0.2) is 61.4 Å². The standard InChI is InChI=1S/C19H23N3O6/c20-19(26)13-4-3-8-21(10-13)16(23)11-28-18(25)7-9-22-14-5-1-2-6-15(14)27-12-17(22)24/h1-2,5-6,13H,3-4,7-12H2,(H2,20,26)/t13-/m1/s1. The van der Waals surface area contributed by atoms with E-state index in [2.05, 4.69) is 0 Å². The first-order valence-electron chi connectivity index (χ1n) is 9.20. The van der Waals surface area contributed by atoms with Gasteiger partial charge in [-0.15, -0.1) is 0 Å². The van der Waals surface area contributed by atoms with E-state index in [1.165, 1.54) is 9.80 Å². The largest absolute Gasteiger partial charge is 0.482 e. The van der Waals surface area contributed by atoms with Crippen LogP contribution in [0.5, 0.6) is 5.75 Å². The molecule has 1 aromatic rings. The van der Waals surface area contributed by atoms with Crippen LogP contribution in [0.1, 0.15) is 19.3 Å². The maximum atomic E-state index is 12.2. The number of esters is 1. The van der Waals surface area contributed by atoms with Gasteiger partial charge in [0.05, 0.1) is 18.0 Å². The average Bonchev–Trinajstić information content (AvgIpc) is 2.71. The third-order valence-electron chi connectivity index (χ3n) is 4.88. The first-order valence-corrected chi connectivity index (χ1v) is 9.20. The van der Waals surface area contributed by atoms with Gasteiger partial charge in [-0.3, -0.25) is 19.2 Å². The zero-order valence-electron chi connectivity index (χ0n) is 15.5. The monoisotopic (exact) mass is 389 g/mol. The van der Waals surface area contributed by atoms with E-state index in [4.69, 9.17) is 15.2 Å². The van der Waals surface area contributed by atoms with E-state index in [0.717, 1.165) is 0 Å². The van der Waals surface area contributed by atoms with Crippen molar-refractivity contribution in [3.8, 4) is 5.75 Å². The maximum absolute atomic E-state index is 12.2. The predicted octanol–water partition coefficient (Wildman–Crippen LogP) is 0.0692. The lowest BCUT2D eigenvalue weighted by atomic mass is 9.97. The molecule has 150 valence electrons. The molecule has 0 spiro atoms. The summed E-state index contributed by atoms with van der Waals surface area (Å²) in [7, 11) is 0. The molecule has 28 heavy (non-hydrogen) atoms. The van der Waals surface area contributed by atoms with Gasteiger partial charge in [0, 0.05) is 19.6 Å². The number of hydrogen-bond acceptors (Lipinski definition) is 6. The van der Waals surface area contributed by atoms with Crippen molar-refractivity contribution in [2.24, 2.45) is 11.7 Å². The summed E-state index contributed by atoms with van der Waals surface area (Å²) < 4.78 is 10.4. The lowest BCUT2D eigenvalue weighted by Gasteiger charge is -2.31. The Morgan fingerprint density at radius 3 is 2.82 bits per heavy atom. The Hall–Kier alpha value is -3.10. The van der Waals surface area contributed by atoms with Gasteiger partial charge in [0.15, 0.2) is 13.2 Å². The van der Waals surface area contributed by atoms with Crippen molar-refractivity contribution in [3.05, 3.63) is 24.3 Å². The van der Waals surface area contributed by atoms with Crippen LogP contribution in [0.3, 0.4) is 0 Å². The number of piperidine rings is 1.